The van der Waals surface area contributed by atoms with E-state index in [0.717, 1.165) is 6.42 Å². The minimum atomic E-state index is -2.64. The van der Waals surface area contributed by atoms with Crippen molar-refractivity contribution in [3.8, 4) is 23.3 Å². The third-order valence-electron chi connectivity index (χ3n) is 7.07. The van der Waals surface area contributed by atoms with Gasteiger partial charge in [0.05, 0.1) is 37.8 Å². The zero-order chi connectivity index (χ0) is 27.6. The van der Waals surface area contributed by atoms with Crippen LogP contribution in [0.4, 0.5) is 14.6 Å². The van der Waals surface area contributed by atoms with E-state index in [1.54, 1.807) is 36.2 Å². The van der Waals surface area contributed by atoms with Crippen LogP contribution in [-0.2, 0) is 4.79 Å². The molecule has 204 valence electrons. The quantitative estimate of drug-likeness (QED) is 0.382. The smallest absolute Gasteiger partial charge is 0.261 e. The Hall–Kier alpha value is -4.17. The van der Waals surface area contributed by atoms with Gasteiger partial charge in [0.15, 0.2) is 0 Å². The van der Waals surface area contributed by atoms with E-state index in [4.69, 9.17) is 15.2 Å². The van der Waals surface area contributed by atoms with Crippen molar-refractivity contribution in [2.75, 3.05) is 52.7 Å². The van der Waals surface area contributed by atoms with Crippen molar-refractivity contribution in [3.05, 3.63) is 54.0 Å². The van der Waals surface area contributed by atoms with Crippen LogP contribution < -0.4 is 15.2 Å². The van der Waals surface area contributed by atoms with E-state index < -0.39 is 5.92 Å². The molecule has 9 nitrogen and oxygen atoms in total. The first-order valence-electron chi connectivity index (χ1n) is 12.7. The van der Waals surface area contributed by atoms with Crippen LogP contribution >= 0.6 is 0 Å². The van der Waals surface area contributed by atoms with Gasteiger partial charge in [0.25, 0.3) is 5.92 Å². The van der Waals surface area contributed by atoms with Crippen LogP contribution in [0, 0.1) is 11.8 Å². The molecular formula is C28H30F2N6O3. The highest BCUT2D eigenvalue weighted by Gasteiger charge is 2.37. The van der Waals surface area contributed by atoms with Crippen LogP contribution in [0.1, 0.15) is 30.0 Å². The van der Waals surface area contributed by atoms with Gasteiger partial charge >= 0.3 is 0 Å². The van der Waals surface area contributed by atoms with Crippen molar-refractivity contribution in [2.24, 2.45) is 0 Å². The monoisotopic (exact) mass is 536 g/mol. The molecule has 2 saturated heterocycles. The summed E-state index contributed by atoms with van der Waals surface area (Å²) < 4.78 is 39.5. The molecule has 39 heavy (non-hydrogen) atoms. The van der Waals surface area contributed by atoms with Gasteiger partial charge in [0, 0.05) is 56.5 Å². The molecule has 0 spiro atoms. The molecule has 2 aromatic heterocycles. The second-order valence-corrected chi connectivity index (χ2v) is 9.73. The number of carbonyl (C=O) groups excluding carboxylic acids is 1. The van der Waals surface area contributed by atoms with Crippen molar-refractivity contribution < 1.29 is 23.0 Å². The number of halogens is 2. The molecule has 5 rings (SSSR count). The Labute approximate surface area is 225 Å². The summed E-state index contributed by atoms with van der Waals surface area (Å²) in [5, 5.41) is 0.659. The molecule has 0 aliphatic carbocycles. The molecule has 0 radical (unpaired) electrons. The third-order valence-corrected chi connectivity index (χ3v) is 7.07. The molecule has 3 aromatic rings. The SMILES string of the molecule is COc1cc(C#Cc2cn(C3CCN(C(=O)/C=C/CN4CCC(F)(F)C4)C3)c3ncnc(N)c23)cc(OC)c1. The van der Waals surface area contributed by atoms with Crippen molar-refractivity contribution in [1.82, 2.24) is 24.3 Å². The summed E-state index contributed by atoms with van der Waals surface area (Å²) in [4.78, 5) is 24.8. The lowest BCUT2D eigenvalue weighted by atomic mass is 10.1. The molecule has 1 unspecified atom stereocenters. The molecule has 1 amide bonds. The molecule has 2 N–H and O–H groups in total. The van der Waals surface area contributed by atoms with Crippen molar-refractivity contribution in [3.63, 3.8) is 0 Å². The molecule has 4 heterocycles. The zero-order valence-electron chi connectivity index (χ0n) is 21.9. The Kier molecular flexibility index (Phi) is 7.39. The number of nitrogens with zero attached hydrogens (tertiary/aromatic N) is 5. The molecule has 11 heteroatoms. The summed E-state index contributed by atoms with van der Waals surface area (Å²) in [6.07, 6.45) is 7.06. The summed E-state index contributed by atoms with van der Waals surface area (Å²) >= 11 is 0. The topological polar surface area (TPSA) is 98.7 Å². The fourth-order valence-corrected chi connectivity index (χ4v) is 5.04. The standard InChI is InChI=1S/C28H30F2N6O3/c1-38-22-12-19(13-23(14-22)39-2)5-6-20-15-36(27-25(20)26(31)32-18-33-27)21-7-10-35(16-21)24(37)4-3-9-34-11-8-28(29,30)17-34/h3-4,12-15,18,21H,7-11,16-17H2,1-2H3,(H2,31,32,33)/b4-3+. The van der Waals surface area contributed by atoms with Crippen LogP contribution in [0.15, 0.2) is 42.9 Å². The highest BCUT2D eigenvalue weighted by Crippen LogP contribution is 2.31. The predicted molar refractivity (Wildman–Crippen MR) is 143 cm³/mol. The number of benzene rings is 1. The molecule has 1 aromatic carbocycles. The molecule has 2 aliphatic rings. The van der Waals surface area contributed by atoms with Gasteiger partial charge in [0.2, 0.25) is 5.91 Å². The number of nitrogens with two attached hydrogens (primary N) is 1. The van der Waals surface area contributed by atoms with Gasteiger partial charge < -0.3 is 24.7 Å². The number of methoxy groups -OCH3 is 2. The lowest BCUT2D eigenvalue weighted by molar-refractivity contribution is -0.125. The van der Waals surface area contributed by atoms with Crippen molar-refractivity contribution >= 4 is 22.8 Å². The number of amides is 1. The minimum Gasteiger partial charge on any atom is -0.497 e. The van der Waals surface area contributed by atoms with Crippen molar-refractivity contribution in [2.45, 2.75) is 24.8 Å². The van der Waals surface area contributed by atoms with Crippen LogP contribution in [0.5, 0.6) is 11.5 Å². The van der Waals surface area contributed by atoms with E-state index in [-0.39, 0.29) is 24.9 Å². The van der Waals surface area contributed by atoms with E-state index in [2.05, 4.69) is 21.8 Å². The van der Waals surface area contributed by atoms with Gasteiger partial charge in [-0.2, -0.15) is 0 Å². The number of rotatable bonds is 6. The summed E-state index contributed by atoms with van der Waals surface area (Å²) in [6.45, 7) is 1.45. The largest absolute Gasteiger partial charge is 0.497 e. The third kappa shape index (κ3) is 5.81. The van der Waals surface area contributed by atoms with E-state index in [9.17, 15) is 13.6 Å². The molecule has 1 atom stereocenters. The number of aromatic nitrogens is 3. The van der Waals surface area contributed by atoms with Gasteiger partial charge in [-0.3, -0.25) is 9.69 Å². The Morgan fingerprint density at radius 2 is 1.95 bits per heavy atom. The Morgan fingerprint density at radius 1 is 1.18 bits per heavy atom. The first kappa shape index (κ1) is 26.4. The average molecular weight is 537 g/mol. The number of alkyl halides is 2. The maximum atomic E-state index is 13.4. The van der Waals surface area contributed by atoms with Crippen molar-refractivity contribution in [1.29, 1.82) is 0 Å². The highest BCUT2D eigenvalue weighted by molar-refractivity contribution is 5.92. The first-order valence-corrected chi connectivity index (χ1v) is 12.7. The summed E-state index contributed by atoms with van der Waals surface area (Å²) in [6, 6.07) is 5.38. The van der Waals surface area contributed by atoms with Gasteiger partial charge in [-0.15, -0.1) is 0 Å². The van der Waals surface area contributed by atoms with Gasteiger partial charge in [-0.1, -0.05) is 17.9 Å². The van der Waals surface area contributed by atoms with E-state index in [1.807, 2.05) is 22.9 Å². The minimum absolute atomic E-state index is 0.0242. The Balaban J connectivity index is 1.34. The van der Waals surface area contributed by atoms with Gasteiger partial charge in [-0.25, -0.2) is 18.7 Å². The second-order valence-electron chi connectivity index (χ2n) is 9.73. The number of nitrogen functional groups attached to an aromatic ring is 1. The normalized spacial score (nSPS) is 19.0. The molecule has 0 saturated carbocycles. The number of fused-ring (bicyclic) bond motifs is 1. The highest BCUT2D eigenvalue weighted by atomic mass is 19.3. The zero-order valence-corrected chi connectivity index (χ0v) is 21.9. The maximum absolute atomic E-state index is 13.4. The predicted octanol–water partition coefficient (Wildman–Crippen LogP) is 3.10. The number of ether oxygens (including phenoxy) is 2. The van der Waals surface area contributed by atoms with E-state index in [0.29, 0.717) is 65.7 Å². The molecule has 0 bridgehead atoms. The van der Waals surface area contributed by atoms with Crippen LogP contribution in [0.3, 0.4) is 0 Å². The van der Waals surface area contributed by atoms with Crippen LogP contribution in [0.2, 0.25) is 0 Å². The lowest BCUT2D eigenvalue weighted by Gasteiger charge is -2.16. The number of hydrogen-bond donors (Lipinski definition) is 1. The summed E-state index contributed by atoms with van der Waals surface area (Å²) in [5.74, 6) is 5.16. The van der Waals surface area contributed by atoms with E-state index in [1.165, 1.54) is 12.4 Å². The second kappa shape index (κ2) is 10.9. The Morgan fingerprint density at radius 3 is 2.64 bits per heavy atom. The Bertz CT molecular complexity index is 1450. The van der Waals surface area contributed by atoms with Crippen LogP contribution in [-0.4, -0.2) is 83.1 Å². The lowest BCUT2D eigenvalue weighted by Crippen LogP contribution is -2.28. The number of likely N-dealkylation sites (tertiary alicyclic amines) is 2. The molecule has 2 fully saturated rings. The van der Waals surface area contributed by atoms with Gasteiger partial charge in [-0.05, 0) is 18.6 Å². The average Bonchev–Trinajstić information content (AvgIpc) is 3.64. The van der Waals surface area contributed by atoms with E-state index >= 15 is 0 Å². The van der Waals surface area contributed by atoms with Crippen LogP contribution in [0.25, 0.3) is 11.0 Å². The number of carbonyl (C=O) groups is 1. The number of hydrogen-bond acceptors (Lipinski definition) is 7. The summed E-state index contributed by atoms with van der Waals surface area (Å²) in [5.41, 5.74) is 8.27. The molecule has 2 aliphatic heterocycles. The maximum Gasteiger partial charge on any atom is 0.261 e. The fourth-order valence-electron chi connectivity index (χ4n) is 5.04. The molecular weight excluding hydrogens is 506 g/mol. The summed E-state index contributed by atoms with van der Waals surface area (Å²) in [7, 11) is 3.16. The number of anilines is 1. The van der Waals surface area contributed by atoms with Gasteiger partial charge in [0.1, 0.15) is 29.3 Å². The fraction of sp³-hybridized carbons (Fsp3) is 0.393. The first-order chi connectivity index (χ1) is 18.8.